The monoisotopic (exact) mass is 437 g/mol. The van der Waals surface area contributed by atoms with Gasteiger partial charge in [-0.05, 0) is 67.8 Å². The van der Waals surface area contributed by atoms with Gasteiger partial charge in [-0.3, -0.25) is 0 Å². The van der Waals surface area contributed by atoms with Crippen LogP contribution in [0.15, 0.2) is 27.3 Å². The van der Waals surface area contributed by atoms with Crippen LogP contribution in [-0.2, 0) is 4.74 Å². The largest absolute Gasteiger partial charge is 0.498 e. The van der Waals surface area contributed by atoms with Crippen molar-refractivity contribution in [2.45, 2.75) is 80.1 Å². The summed E-state index contributed by atoms with van der Waals surface area (Å²) in [5, 5.41) is 4.07. The SMILES string of the molecule is CC.CS/C(=C/C=C(\C)OCCCC1CCN(c2nc(C(C)C)no2)CC1)C(C)C. The van der Waals surface area contributed by atoms with E-state index in [1.165, 1.54) is 24.2 Å². The average molecular weight is 438 g/mol. The molecule has 1 aromatic heterocycles. The van der Waals surface area contributed by atoms with Crippen molar-refractivity contribution in [3.05, 3.63) is 28.6 Å². The first-order chi connectivity index (χ1) is 14.4. The highest BCUT2D eigenvalue weighted by molar-refractivity contribution is 8.02. The molecule has 0 spiro atoms. The van der Waals surface area contributed by atoms with Gasteiger partial charge in [0.15, 0.2) is 5.82 Å². The fourth-order valence-corrected chi connectivity index (χ4v) is 4.03. The van der Waals surface area contributed by atoms with E-state index in [0.717, 1.165) is 43.6 Å². The average Bonchev–Trinajstić information content (AvgIpc) is 3.24. The van der Waals surface area contributed by atoms with E-state index in [9.17, 15) is 0 Å². The van der Waals surface area contributed by atoms with Crippen LogP contribution in [0.5, 0.6) is 0 Å². The Morgan fingerprint density at radius 1 is 1.20 bits per heavy atom. The van der Waals surface area contributed by atoms with Gasteiger partial charge in [-0.2, -0.15) is 4.98 Å². The number of anilines is 1. The Balaban J connectivity index is 0.00000218. The Labute approximate surface area is 188 Å². The molecule has 1 aliphatic rings. The summed E-state index contributed by atoms with van der Waals surface area (Å²) in [5.74, 6) is 3.43. The Hall–Kier alpha value is -1.43. The summed E-state index contributed by atoms with van der Waals surface area (Å²) in [6, 6.07) is 0.685. The van der Waals surface area contributed by atoms with Gasteiger partial charge in [0.05, 0.1) is 12.4 Å². The molecule has 172 valence electrons. The number of piperidine rings is 1. The van der Waals surface area contributed by atoms with Crippen molar-refractivity contribution >= 4 is 17.8 Å². The zero-order valence-corrected chi connectivity index (χ0v) is 21.2. The number of thioether (sulfide) groups is 1. The second kappa shape index (κ2) is 14.6. The van der Waals surface area contributed by atoms with Crippen LogP contribution in [-0.4, -0.2) is 36.1 Å². The molecule has 0 atom stereocenters. The molecule has 6 heteroatoms. The molecule has 1 saturated heterocycles. The van der Waals surface area contributed by atoms with Crippen LogP contribution in [0.4, 0.5) is 6.01 Å². The second-order valence-electron chi connectivity index (χ2n) is 8.22. The highest BCUT2D eigenvalue weighted by atomic mass is 32.2. The third-order valence-electron chi connectivity index (χ3n) is 5.21. The molecule has 0 N–H and O–H groups in total. The Morgan fingerprint density at radius 3 is 2.40 bits per heavy atom. The lowest BCUT2D eigenvalue weighted by Gasteiger charge is -2.30. The Bertz CT molecular complexity index is 645. The van der Waals surface area contributed by atoms with E-state index >= 15 is 0 Å². The predicted octanol–water partition coefficient (Wildman–Crippen LogP) is 7.04. The minimum absolute atomic E-state index is 0.306. The van der Waals surface area contributed by atoms with Crippen LogP contribution in [0.25, 0.3) is 0 Å². The van der Waals surface area contributed by atoms with E-state index < -0.39 is 0 Å². The van der Waals surface area contributed by atoms with Gasteiger partial charge in [-0.25, -0.2) is 0 Å². The number of ether oxygens (including phenoxy) is 1. The van der Waals surface area contributed by atoms with Crippen LogP contribution in [0.3, 0.4) is 0 Å². The van der Waals surface area contributed by atoms with Gasteiger partial charge in [0.2, 0.25) is 0 Å². The molecule has 0 unspecified atom stereocenters. The molecule has 0 aliphatic carbocycles. The molecule has 0 aromatic carbocycles. The number of aromatic nitrogens is 2. The standard InChI is InChI=1S/C22H37N3O2S.C2H6/c1-16(2)20(28-6)10-9-18(5)26-15-7-8-19-11-13-25(14-12-19)22-23-21(17(3)4)24-27-22;1-2/h9-10,16-17,19H,7-8,11-15H2,1-6H3;1-2H3/b18-9+,20-10+;. The summed E-state index contributed by atoms with van der Waals surface area (Å²) in [6.45, 7) is 17.5. The van der Waals surface area contributed by atoms with Crippen LogP contribution in [0.1, 0.15) is 85.9 Å². The number of hydrogen-bond donors (Lipinski definition) is 0. The molecule has 1 fully saturated rings. The van der Waals surface area contributed by atoms with Gasteiger partial charge in [0, 0.05) is 19.0 Å². The Kier molecular flexibility index (Phi) is 12.9. The van der Waals surface area contributed by atoms with E-state index in [-0.39, 0.29) is 0 Å². The number of nitrogens with zero attached hydrogens (tertiary/aromatic N) is 3. The van der Waals surface area contributed by atoms with E-state index in [0.29, 0.717) is 17.9 Å². The summed E-state index contributed by atoms with van der Waals surface area (Å²) in [7, 11) is 0. The summed E-state index contributed by atoms with van der Waals surface area (Å²) in [5.41, 5.74) is 0. The summed E-state index contributed by atoms with van der Waals surface area (Å²) >= 11 is 1.81. The van der Waals surface area contributed by atoms with Gasteiger partial charge >= 0.3 is 6.01 Å². The second-order valence-corrected chi connectivity index (χ2v) is 9.10. The van der Waals surface area contributed by atoms with Gasteiger partial charge in [-0.1, -0.05) is 46.7 Å². The summed E-state index contributed by atoms with van der Waals surface area (Å²) in [6.07, 6.45) is 11.1. The van der Waals surface area contributed by atoms with E-state index in [4.69, 9.17) is 9.26 Å². The molecular weight excluding hydrogens is 394 g/mol. The lowest BCUT2D eigenvalue weighted by Crippen LogP contribution is -2.34. The molecule has 2 rings (SSSR count). The van der Waals surface area contributed by atoms with Crippen LogP contribution < -0.4 is 4.90 Å². The van der Waals surface area contributed by atoms with Gasteiger partial charge in [0.25, 0.3) is 0 Å². The van der Waals surface area contributed by atoms with Crippen molar-refractivity contribution < 1.29 is 9.26 Å². The van der Waals surface area contributed by atoms with E-state index in [1.54, 1.807) is 0 Å². The molecule has 0 saturated carbocycles. The maximum atomic E-state index is 5.89. The van der Waals surface area contributed by atoms with Crippen molar-refractivity contribution in [2.24, 2.45) is 11.8 Å². The lowest BCUT2D eigenvalue weighted by molar-refractivity contribution is 0.197. The quantitative estimate of drug-likeness (QED) is 0.222. The molecule has 0 amide bonds. The van der Waals surface area contributed by atoms with Crippen LogP contribution in [0, 0.1) is 11.8 Å². The first kappa shape index (κ1) is 26.6. The minimum atomic E-state index is 0.306. The normalized spacial score (nSPS) is 16.1. The maximum Gasteiger partial charge on any atom is 0.324 e. The fourth-order valence-electron chi connectivity index (χ4n) is 3.35. The van der Waals surface area contributed by atoms with E-state index in [2.05, 4.69) is 61.1 Å². The molecule has 2 heterocycles. The number of hydrogen-bond acceptors (Lipinski definition) is 6. The maximum absolute atomic E-state index is 5.89. The molecule has 5 nitrogen and oxygen atoms in total. The molecule has 1 aromatic rings. The van der Waals surface area contributed by atoms with Crippen molar-refractivity contribution in [3.63, 3.8) is 0 Å². The first-order valence-electron chi connectivity index (χ1n) is 11.5. The smallest absolute Gasteiger partial charge is 0.324 e. The summed E-state index contributed by atoms with van der Waals surface area (Å²) < 4.78 is 11.3. The van der Waals surface area contributed by atoms with Gasteiger partial charge in [0.1, 0.15) is 0 Å². The number of allylic oxidation sites excluding steroid dienone is 4. The zero-order valence-electron chi connectivity index (χ0n) is 20.4. The van der Waals surface area contributed by atoms with Crippen LogP contribution >= 0.6 is 11.8 Å². The lowest BCUT2D eigenvalue weighted by atomic mass is 9.92. The van der Waals surface area contributed by atoms with Crippen molar-refractivity contribution in [1.82, 2.24) is 10.1 Å². The first-order valence-corrected chi connectivity index (χ1v) is 12.8. The number of rotatable bonds is 10. The highest BCUT2D eigenvalue weighted by Crippen LogP contribution is 2.26. The summed E-state index contributed by atoms with van der Waals surface area (Å²) in [4.78, 5) is 8.13. The predicted molar refractivity (Wildman–Crippen MR) is 130 cm³/mol. The topological polar surface area (TPSA) is 51.4 Å². The minimum Gasteiger partial charge on any atom is -0.498 e. The third kappa shape index (κ3) is 9.15. The molecular formula is C24H43N3O2S. The van der Waals surface area contributed by atoms with Gasteiger partial charge in [-0.15, -0.1) is 11.8 Å². The fraction of sp³-hybridized carbons (Fsp3) is 0.750. The molecule has 0 bridgehead atoms. The van der Waals surface area contributed by atoms with Gasteiger partial charge < -0.3 is 14.2 Å². The van der Waals surface area contributed by atoms with E-state index in [1.807, 2.05) is 32.5 Å². The van der Waals surface area contributed by atoms with Crippen molar-refractivity contribution in [3.8, 4) is 0 Å². The van der Waals surface area contributed by atoms with Crippen LogP contribution in [0.2, 0.25) is 0 Å². The third-order valence-corrected chi connectivity index (χ3v) is 6.28. The zero-order chi connectivity index (χ0) is 22.5. The highest BCUT2D eigenvalue weighted by Gasteiger charge is 2.23. The molecule has 30 heavy (non-hydrogen) atoms. The van der Waals surface area contributed by atoms with Crippen molar-refractivity contribution in [1.29, 1.82) is 0 Å². The molecule has 0 radical (unpaired) electrons. The Morgan fingerprint density at radius 2 is 1.87 bits per heavy atom. The van der Waals surface area contributed by atoms with Crippen molar-refractivity contribution in [2.75, 3.05) is 30.9 Å². The molecule has 1 aliphatic heterocycles.